The number of rotatable bonds is 1. The molecule has 1 heterocycles. The first-order valence-electron chi connectivity index (χ1n) is 4.82. The van der Waals surface area contributed by atoms with Gasteiger partial charge in [-0.3, -0.25) is 12.9 Å². The van der Waals surface area contributed by atoms with Crippen LogP contribution in [0.1, 0.15) is 5.82 Å². The van der Waals surface area contributed by atoms with E-state index in [1.165, 1.54) is 24.3 Å². The number of hydrogen-bond donors (Lipinski definition) is 0. The van der Waals surface area contributed by atoms with Gasteiger partial charge in [0.15, 0.2) is 0 Å². The summed E-state index contributed by atoms with van der Waals surface area (Å²) in [6.07, 6.45) is -5.68. The smallest absolute Gasteiger partial charge is 0.434 e. The molecule has 2 rings (SSSR count). The molecule has 0 fully saturated rings. The predicted octanol–water partition coefficient (Wildman–Crippen LogP) is 3.73. The third-order valence-electron chi connectivity index (χ3n) is 1.97. The molecule has 2 aromatic rings. The molecule has 0 aliphatic carbocycles. The van der Waals surface area contributed by atoms with Gasteiger partial charge in [-0.1, -0.05) is 24.3 Å². The Morgan fingerprint density at radius 3 is 1.90 bits per heavy atom. The lowest BCUT2D eigenvalue weighted by Crippen LogP contribution is -2.35. The van der Waals surface area contributed by atoms with Crippen LogP contribution in [0.3, 0.4) is 0 Å². The zero-order valence-corrected chi connectivity index (χ0v) is 9.30. The normalized spacial score (nSPS) is 12.0. The minimum absolute atomic E-state index is 0.0152. The highest BCUT2D eigenvalue weighted by Crippen LogP contribution is 2.42. The zero-order valence-electron chi connectivity index (χ0n) is 9.30. The van der Waals surface area contributed by atoms with E-state index in [0.717, 1.165) is 0 Å². The van der Waals surface area contributed by atoms with Gasteiger partial charge in [0.1, 0.15) is 0 Å². The fraction of sp³-hybridized carbons (Fsp3) is 0.222. The van der Waals surface area contributed by atoms with Gasteiger partial charge in [0, 0.05) is 0 Å². The molecule has 0 spiro atoms. The van der Waals surface area contributed by atoms with Crippen molar-refractivity contribution in [2.24, 2.45) is 0 Å². The number of alkyl halides is 5. The Morgan fingerprint density at radius 2 is 1.45 bits per heavy atom. The Morgan fingerprint density at radius 1 is 0.950 bits per heavy atom. The van der Waals surface area contributed by atoms with E-state index in [4.69, 9.17) is 0 Å². The summed E-state index contributed by atoms with van der Waals surface area (Å²) in [5.41, 5.74) is 0.0304. The number of para-hydroxylation sites is 2. The molecule has 0 radical (unpaired) electrons. The van der Waals surface area contributed by atoms with Crippen molar-refractivity contribution < 1.29 is 34.9 Å². The fourth-order valence-electron chi connectivity index (χ4n) is 1.17. The van der Waals surface area contributed by atoms with Crippen molar-refractivity contribution in [3.8, 4) is 0 Å². The summed E-state index contributed by atoms with van der Waals surface area (Å²) in [5.74, 6) is -6.53. The summed E-state index contributed by atoms with van der Waals surface area (Å²) in [6.45, 7) is 0. The minimum Gasteiger partial charge on any atom is -0.434 e. The van der Waals surface area contributed by atoms with Gasteiger partial charge in [-0.05, 0) is 16.9 Å². The highest BCUT2D eigenvalue weighted by Gasteiger charge is 2.57. The van der Waals surface area contributed by atoms with Crippen LogP contribution in [0, 0.1) is 0 Å². The first-order valence-corrected chi connectivity index (χ1v) is 4.82. The van der Waals surface area contributed by atoms with Crippen LogP contribution in [0.25, 0.3) is 11.0 Å². The first kappa shape index (κ1) is 16.2. The van der Waals surface area contributed by atoms with Crippen molar-refractivity contribution in [2.45, 2.75) is 12.1 Å². The van der Waals surface area contributed by atoms with Crippen LogP contribution in [-0.4, -0.2) is 18.7 Å². The Balaban J connectivity index is 0.000000444. The van der Waals surface area contributed by atoms with Crippen molar-refractivity contribution in [3.05, 3.63) is 30.1 Å². The second-order valence-corrected chi connectivity index (χ2v) is 3.36. The largest absolute Gasteiger partial charge is 0.762 e. The van der Waals surface area contributed by atoms with E-state index in [-0.39, 0.29) is 11.0 Å². The van der Waals surface area contributed by atoms with Gasteiger partial charge in [-0.25, -0.2) is 0 Å². The molecule has 0 aliphatic rings. The molecule has 1 aromatic carbocycles. The summed E-state index contributed by atoms with van der Waals surface area (Å²) in [6, 6.07) is 5.59. The maximum atomic E-state index is 12.9. The van der Waals surface area contributed by atoms with Crippen LogP contribution >= 0.6 is 0 Å². The summed E-state index contributed by atoms with van der Waals surface area (Å²) in [5, 5.41) is 0. The minimum atomic E-state index is -5.68. The van der Waals surface area contributed by atoms with Crippen LogP contribution < -0.4 is 4.98 Å². The van der Waals surface area contributed by atoms with Gasteiger partial charge >= 0.3 is 19.6 Å². The van der Waals surface area contributed by atoms with Gasteiger partial charge in [0.2, 0.25) is 0 Å². The van der Waals surface area contributed by atoms with Crippen LogP contribution in [0.15, 0.2) is 24.3 Å². The molecule has 11 heteroatoms. The standard InChI is InChI=1S/C9H4F5N2.BF3/c10-8(11,9(12,13)14)7-15-5-3-1-2-4-6(5)16-7;2-1(3)4/h1-4H;/q-1;. The molecule has 0 saturated heterocycles. The molecule has 0 saturated carbocycles. The summed E-state index contributed by atoms with van der Waals surface area (Å²) >= 11 is 0. The number of halogens is 8. The molecule has 2 nitrogen and oxygen atoms in total. The van der Waals surface area contributed by atoms with Crippen molar-refractivity contribution in [3.63, 3.8) is 0 Å². The predicted molar refractivity (Wildman–Crippen MR) is 54.1 cm³/mol. The lowest BCUT2D eigenvalue weighted by Gasteiger charge is -2.21. The molecule has 0 bridgehead atoms. The molecule has 1 aromatic heterocycles. The number of hydrogen-bond acceptors (Lipinski definition) is 1. The molecule has 20 heavy (non-hydrogen) atoms. The number of benzene rings is 1. The highest BCUT2D eigenvalue weighted by atomic mass is 19.4. The van der Waals surface area contributed by atoms with Crippen molar-refractivity contribution >= 4 is 18.6 Å². The molecule has 0 atom stereocenters. The van der Waals surface area contributed by atoms with Crippen LogP contribution in [0.4, 0.5) is 34.9 Å². The molecule has 0 N–H and O–H groups in total. The molecular weight excluding hydrogens is 299 g/mol. The van der Waals surface area contributed by atoms with Crippen molar-refractivity contribution in [1.82, 2.24) is 9.97 Å². The molecule has 0 unspecified atom stereocenters. The molecule has 0 aliphatic heterocycles. The summed E-state index contributed by atoms with van der Waals surface area (Å²) in [4.78, 5) is 6.34. The highest BCUT2D eigenvalue weighted by molar-refractivity contribution is 6.33. The van der Waals surface area contributed by atoms with E-state index in [1.807, 2.05) is 0 Å². The van der Waals surface area contributed by atoms with Gasteiger partial charge in [0.25, 0.3) is 0 Å². The monoisotopic (exact) mass is 303 g/mol. The van der Waals surface area contributed by atoms with E-state index >= 15 is 0 Å². The maximum absolute atomic E-state index is 12.9. The topological polar surface area (TPSA) is 27.0 Å². The first-order chi connectivity index (χ1) is 9.05. The van der Waals surface area contributed by atoms with Crippen molar-refractivity contribution in [2.75, 3.05) is 0 Å². The van der Waals surface area contributed by atoms with E-state index in [9.17, 15) is 34.9 Å². The Hall–Kier alpha value is -1.81. The van der Waals surface area contributed by atoms with E-state index in [2.05, 4.69) is 9.97 Å². The average Bonchev–Trinajstić information content (AvgIpc) is 2.70. The van der Waals surface area contributed by atoms with Gasteiger partial charge < -0.3 is 9.97 Å². The zero-order chi connectivity index (χ0) is 15.6. The number of imidazole rings is 1. The number of aromatic nitrogens is 2. The Labute approximate surface area is 107 Å². The average molecular weight is 303 g/mol. The number of fused-ring (bicyclic) bond motifs is 1. The van der Waals surface area contributed by atoms with Crippen LogP contribution in [0.5, 0.6) is 0 Å². The lowest BCUT2D eigenvalue weighted by molar-refractivity contribution is -0.292. The Bertz CT molecular complexity index is 529. The summed E-state index contributed by atoms with van der Waals surface area (Å²) < 4.78 is 90.8. The third-order valence-corrected chi connectivity index (χ3v) is 1.97. The van der Waals surface area contributed by atoms with Gasteiger partial charge in [-0.2, -0.15) is 22.0 Å². The van der Waals surface area contributed by atoms with Gasteiger partial charge in [-0.15, -0.1) is 0 Å². The molecule has 0 amide bonds. The maximum Gasteiger partial charge on any atom is 0.762 e. The van der Waals surface area contributed by atoms with Crippen molar-refractivity contribution in [1.29, 1.82) is 0 Å². The SMILES string of the molecule is FB(F)F.FC(F)(F)C(F)(F)c1nc2ccccc2[n-]1. The van der Waals surface area contributed by atoms with Crippen LogP contribution in [0.2, 0.25) is 0 Å². The molecule has 110 valence electrons. The lowest BCUT2D eigenvalue weighted by atomic mass is 10.3. The van der Waals surface area contributed by atoms with E-state index < -0.39 is 25.5 Å². The fourth-order valence-corrected chi connectivity index (χ4v) is 1.17. The number of nitrogens with zero attached hydrogens (tertiary/aromatic N) is 2. The molecular formula is C9H4BF8N2-. The third kappa shape index (κ3) is 3.61. The Kier molecular flexibility index (Phi) is 4.61. The van der Waals surface area contributed by atoms with Crippen LogP contribution in [-0.2, 0) is 5.92 Å². The quantitative estimate of drug-likeness (QED) is 0.593. The van der Waals surface area contributed by atoms with E-state index in [1.54, 1.807) is 0 Å². The summed E-state index contributed by atoms with van der Waals surface area (Å²) in [7, 11) is -3.67. The van der Waals surface area contributed by atoms with Gasteiger partial charge in [0.05, 0.1) is 0 Å². The van der Waals surface area contributed by atoms with E-state index in [0.29, 0.717) is 0 Å². The second-order valence-electron chi connectivity index (χ2n) is 3.36. The second kappa shape index (κ2) is 5.67.